The monoisotopic (exact) mass is 715 g/mol. The summed E-state index contributed by atoms with van der Waals surface area (Å²) in [5.74, 6) is -1.12. The summed E-state index contributed by atoms with van der Waals surface area (Å²) in [4.78, 5) is 10.7. The molecule has 7 atom stereocenters. The topological polar surface area (TPSA) is 153 Å². The van der Waals surface area contributed by atoms with Crippen molar-refractivity contribution in [1.29, 1.82) is 0 Å². The normalized spacial score (nSPS) is 18.4. The van der Waals surface area contributed by atoms with Gasteiger partial charge in [-0.2, -0.15) is 8.42 Å². The zero-order valence-electron chi connectivity index (χ0n) is 30.7. The average molecular weight is 716 g/mol. The van der Waals surface area contributed by atoms with Crippen LogP contribution >= 0.6 is 0 Å². The van der Waals surface area contributed by atoms with Gasteiger partial charge in [-0.15, -0.1) is 0 Å². The number of rotatable bonds is 25. The number of hydrogen-bond acceptors (Lipinski definition) is 7. The molecule has 0 aliphatic carbocycles. The predicted molar refractivity (Wildman–Crippen MR) is 206 cm³/mol. The first-order valence-electron chi connectivity index (χ1n) is 17.2. The first-order valence-corrected chi connectivity index (χ1v) is 18.6. The van der Waals surface area contributed by atoms with Crippen LogP contribution < -0.4 is 5.32 Å². The number of aliphatic hydroxyl groups is 2. The molecule has 0 aliphatic rings. The maximum absolute atomic E-state index is 11.4. The van der Waals surface area contributed by atoms with Crippen molar-refractivity contribution < 1.29 is 37.3 Å². The Kier molecular flexibility index (Phi) is 25.5. The van der Waals surface area contributed by atoms with E-state index in [1.54, 1.807) is 48.6 Å². The largest absolute Gasteiger partial charge is 0.478 e. The molecule has 0 amide bonds. The lowest BCUT2D eigenvalue weighted by Crippen LogP contribution is -2.41. The second-order valence-corrected chi connectivity index (χ2v) is 13.8. The average Bonchev–Trinajstić information content (AvgIpc) is 3.05. The second-order valence-electron chi connectivity index (χ2n) is 12.8. The Morgan fingerprint density at radius 3 is 1.80 bits per heavy atom. The molecule has 0 bridgehead atoms. The van der Waals surface area contributed by atoms with Crippen LogP contribution in [0.15, 0.2) is 121 Å². The Morgan fingerprint density at radius 2 is 1.24 bits per heavy atom. The molecule has 280 valence electrons. The molecule has 0 aromatic carbocycles. The van der Waals surface area contributed by atoms with Crippen LogP contribution in [0.25, 0.3) is 0 Å². The van der Waals surface area contributed by atoms with Gasteiger partial charge in [0.2, 0.25) is 0 Å². The van der Waals surface area contributed by atoms with Gasteiger partial charge in [0.05, 0.1) is 18.3 Å². The molecule has 0 aliphatic heterocycles. The molecule has 0 rings (SSSR count). The van der Waals surface area contributed by atoms with E-state index in [0.717, 1.165) is 19.4 Å². The Bertz CT molecular complexity index is 1370. The Hall–Kier alpha value is -3.38. The number of carboxylic acid groups (broad SMARTS) is 1. The van der Waals surface area contributed by atoms with Crippen LogP contribution in [0.1, 0.15) is 67.7 Å². The van der Waals surface area contributed by atoms with Crippen molar-refractivity contribution in [2.24, 2.45) is 23.7 Å². The van der Waals surface area contributed by atoms with E-state index in [-0.39, 0.29) is 29.4 Å². The number of unbranched alkanes of at least 4 members (excludes halogenated alkanes) is 1. The van der Waals surface area contributed by atoms with Gasteiger partial charge in [-0.25, -0.2) is 8.98 Å². The van der Waals surface area contributed by atoms with Gasteiger partial charge in [0.25, 0.3) is 0 Å². The van der Waals surface area contributed by atoms with Crippen LogP contribution in [0.4, 0.5) is 0 Å². The summed E-state index contributed by atoms with van der Waals surface area (Å²) in [7, 11) is -4.57. The van der Waals surface area contributed by atoms with E-state index in [1.165, 1.54) is 6.92 Å². The van der Waals surface area contributed by atoms with Gasteiger partial charge in [-0.3, -0.25) is 4.55 Å². The summed E-state index contributed by atoms with van der Waals surface area (Å²) in [6.07, 6.45) is 34.2. The minimum absolute atomic E-state index is 0.000728. The Balaban J connectivity index is 4.64. The fraction of sp³-hybridized carbons (Fsp3) is 0.475. The molecule has 7 unspecified atom stereocenters. The van der Waals surface area contributed by atoms with Gasteiger partial charge in [0.15, 0.2) is 0 Å². The number of aliphatic carboxylic acids is 1. The lowest BCUT2D eigenvalue weighted by atomic mass is 9.88. The minimum Gasteiger partial charge on any atom is -0.478 e. The fourth-order valence-corrected chi connectivity index (χ4v) is 4.96. The van der Waals surface area contributed by atoms with E-state index >= 15 is 0 Å². The van der Waals surface area contributed by atoms with Crippen molar-refractivity contribution in [2.75, 3.05) is 6.54 Å². The highest BCUT2D eigenvalue weighted by Crippen LogP contribution is 2.20. The quantitative estimate of drug-likeness (QED) is 0.0211. The number of nitrogens with one attached hydrogen (secondary N) is 1. The molecule has 0 aromatic heterocycles. The third-order valence-corrected chi connectivity index (χ3v) is 8.37. The second kappa shape index (κ2) is 27.4. The first-order chi connectivity index (χ1) is 23.6. The molecule has 10 heteroatoms. The molecule has 0 radical (unpaired) electrons. The van der Waals surface area contributed by atoms with Crippen molar-refractivity contribution in [1.82, 2.24) is 5.32 Å². The summed E-state index contributed by atoms with van der Waals surface area (Å²) in [6.45, 7) is 14.1. The molecule has 50 heavy (non-hydrogen) atoms. The van der Waals surface area contributed by atoms with E-state index in [4.69, 9.17) is 9.29 Å². The van der Waals surface area contributed by atoms with Crippen molar-refractivity contribution in [3.05, 3.63) is 121 Å². The first kappa shape index (κ1) is 46.6. The Morgan fingerprint density at radius 1 is 0.720 bits per heavy atom. The summed E-state index contributed by atoms with van der Waals surface area (Å²) in [6, 6.07) is -0.000728. The minimum atomic E-state index is -4.57. The summed E-state index contributed by atoms with van der Waals surface area (Å²) < 4.78 is 36.9. The van der Waals surface area contributed by atoms with Gasteiger partial charge >= 0.3 is 16.4 Å². The Labute approximate surface area is 301 Å². The van der Waals surface area contributed by atoms with E-state index in [0.29, 0.717) is 12.3 Å². The summed E-state index contributed by atoms with van der Waals surface area (Å²) in [5, 5.41) is 33.4. The summed E-state index contributed by atoms with van der Waals surface area (Å²) in [5.41, 5.74) is 0.276. The van der Waals surface area contributed by atoms with Gasteiger partial charge in [0, 0.05) is 23.5 Å². The van der Waals surface area contributed by atoms with E-state index < -0.39 is 34.7 Å². The van der Waals surface area contributed by atoms with Crippen LogP contribution in [0.2, 0.25) is 0 Å². The van der Waals surface area contributed by atoms with Crippen LogP contribution in [0, 0.1) is 23.7 Å². The number of carboxylic acids is 1. The molecule has 5 N–H and O–H groups in total. The molecule has 9 nitrogen and oxygen atoms in total. The number of hydrogen-bond donors (Lipinski definition) is 5. The molecule has 0 fully saturated rings. The van der Waals surface area contributed by atoms with Crippen molar-refractivity contribution >= 4 is 16.4 Å². The van der Waals surface area contributed by atoms with E-state index in [1.807, 2.05) is 94.5 Å². The maximum Gasteiger partial charge on any atom is 0.397 e. The van der Waals surface area contributed by atoms with Gasteiger partial charge < -0.3 is 20.6 Å². The SMILES string of the molecule is CC(=CC=CC=CCCC=CC(C)C(O)C(C)C(O)C=CC=CC=CC=CC=CC=CCC(OS(=O)(=O)O)C(C)C(C)NCC(C)C)C(=O)O. The highest BCUT2D eigenvalue weighted by molar-refractivity contribution is 7.80. The number of aliphatic hydroxyl groups excluding tert-OH is 2. The molecule has 0 saturated carbocycles. The zero-order valence-corrected chi connectivity index (χ0v) is 31.6. The van der Waals surface area contributed by atoms with Crippen molar-refractivity contribution in [2.45, 2.75) is 92.1 Å². The standard InChI is InChI=1S/C40H61NO8S/c1-31(2)30-41-36(7)34(5)38(49-50(46,47)48)29-25-21-17-12-10-8-9-11-16-20-24-28-37(42)35(6)39(43)32(3)26-22-18-14-13-15-19-23-27-33(4)40(44)45/h8-13,15-17,19-28,31-32,34-39,41-43H,14,18,29-30H2,1-7H3,(H,44,45)(H,46,47,48). The van der Waals surface area contributed by atoms with Crippen molar-refractivity contribution in [3.63, 3.8) is 0 Å². The van der Waals surface area contributed by atoms with Crippen molar-refractivity contribution in [3.8, 4) is 0 Å². The molecule has 0 heterocycles. The van der Waals surface area contributed by atoms with Crippen LogP contribution in [0.3, 0.4) is 0 Å². The van der Waals surface area contributed by atoms with Gasteiger partial charge in [-0.05, 0) is 51.5 Å². The fourth-order valence-electron chi connectivity index (χ4n) is 4.39. The smallest absolute Gasteiger partial charge is 0.397 e. The van der Waals surface area contributed by atoms with Crippen LogP contribution in [0.5, 0.6) is 0 Å². The summed E-state index contributed by atoms with van der Waals surface area (Å²) >= 11 is 0. The van der Waals surface area contributed by atoms with Crippen LogP contribution in [-0.4, -0.2) is 65.2 Å². The van der Waals surface area contributed by atoms with E-state index in [2.05, 4.69) is 19.2 Å². The molecule has 0 aromatic rings. The molecule has 0 saturated heterocycles. The number of carbonyl (C=O) groups is 1. The molecular weight excluding hydrogens is 655 g/mol. The maximum atomic E-state index is 11.4. The zero-order chi connectivity index (χ0) is 38.0. The van der Waals surface area contributed by atoms with Gasteiger partial charge in [0.1, 0.15) is 0 Å². The highest BCUT2D eigenvalue weighted by atomic mass is 32.3. The third kappa shape index (κ3) is 24.7. The molecule has 0 spiro atoms. The lowest BCUT2D eigenvalue weighted by molar-refractivity contribution is -0.132. The van der Waals surface area contributed by atoms with E-state index in [9.17, 15) is 28.0 Å². The highest BCUT2D eigenvalue weighted by Gasteiger charge is 2.27. The van der Waals surface area contributed by atoms with Gasteiger partial charge in [-0.1, -0.05) is 150 Å². The molecular formula is C40H61NO8S. The predicted octanol–water partition coefficient (Wildman–Crippen LogP) is 7.65. The third-order valence-electron chi connectivity index (χ3n) is 7.88. The number of allylic oxidation sites excluding steroid dienone is 16. The lowest BCUT2D eigenvalue weighted by Gasteiger charge is -2.28. The van der Waals surface area contributed by atoms with Crippen LogP contribution in [-0.2, 0) is 19.4 Å².